The van der Waals surface area contributed by atoms with Crippen molar-refractivity contribution in [2.24, 2.45) is 5.73 Å². The summed E-state index contributed by atoms with van der Waals surface area (Å²) in [4.78, 5) is 31.0. The molecule has 0 aliphatic carbocycles. The fourth-order valence-electron chi connectivity index (χ4n) is 0.529. The van der Waals surface area contributed by atoms with Gasteiger partial charge in [0.1, 0.15) is 0 Å². The highest BCUT2D eigenvalue weighted by molar-refractivity contribution is 7.06. The molecule has 2 N–H and O–H groups in total. The normalized spacial score (nSPS) is 9.45. The number of primary amides is 1. The number of aromatic nitrogens is 1. The summed E-state index contributed by atoms with van der Waals surface area (Å²) in [7, 11) is 0. The minimum absolute atomic E-state index is 0.396. The third-order valence-electron chi connectivity index (χ3n) is 0.982. The molecule has 1 amide bonds. The zero-order valence-electron chi connectivity index (χ0n) is 5.31. The molecule has 0 atom stereocenters. The Morgan fingerprint density at radius 2 is 2.18 bits per heavy atom. The van der Waals surface area contributed by atoms with Gasteiger partial charge in [-0.2, -0.15) is 0 Å². The van der Waals surface area contributed by atoms with Gasteiger partial charge in [0.2, 0.25) is 4.74 Å². The van der Waals surface area contributed by atoms with Gasteiger partial charge in [0, 0.05) is 12.3 Å². The lowest BCUT2D eigenvalue weighted by molar-refractivity contribution is 0.250. The first kappa shape index (κ1) is 7.67. The number of nitrogens with two attached hydrogens (primary N) is 1. The van der Waals surface area contributed by atoms with E-state index in [4.69, 9.17) is 5.73 Å². The summed E-state index contributed by atoms with van der Waals surface area (Å²) in [6.45, 7) is 0. The Labute approximate surface area is 64.7 Å². The van der Waals surface area contributed by atoms with Gasteiger partial charge in [-0.3, -0.25) is 9.59 Å². The zero-order chi connectivity index (χ0) is 8.43. The Balaban J connectivity index is 3.43. The topological polar surface area (TPSA) is 82.2 Å². The Bertz CT molecular complexity index is 391. The molecule has 0 spiro atoms. The van der Waals surface area contributed by atoms with Crippen molar-refractivity contribution in [1.82, 2.24) is 4.57 Å². The molecule has 11 heavy (non-hydrogen) atoms. The number of hydrogen-bond acceptors (Lipinski definition) is 4. The first-order chi connectivity index (χ1) is 5.11. The van der Waals surface area contributed by atoms with Crippen LogP contribution in [0.25, 0.3) is 0 Å². The van der Waals surface area contributed by atoms with Gasteiger partial charge in [-0.25, -0.2) is 9.36 Å². The highest BCUT2D eigenvalue weighted by atomic mass is 32.1. The van der Waals surface area contributed by atoms with Gasteiger partial charge in [0.25, 0.3) is 0 Å². The number of nitrogens with zero attached hydrogens (tertiary/aromatic N) is 1. The van der Waals surface area contributed by atoms with E-state index in [1.54, 1.807) is 0 Å². The third-order valence-corrected chi connectivity index (χ3v) is 1.69. The second-order valence-electron chi connectivity index (χ2n) is 1.71. The predicted octanol–water partition coefficient (Wildman–Crippen LogP) is -0.803. The molecule has 1 rings (SSSR count). The van der Waals surface area contributed by atoms with Gasteiger partial charge in [0.05, 0.1) is 0 Å². The molecular weight excluding hydrogens is 168 g/mol. The number of amides is 1. The highest BCUT2D eigenvalue weighted by Gasteiger charge is 2.00. The highest BCUT2D eigenvalue weighted by Crippen LogP contribution is 1.77. The van der Waals surface area contributed by atoms with E-state index < -0.39 is 15.6 Å². The summed E-state index contributed by atoms with van der Waals surface area (Å²) >= 11 is 0.438. The van der Waals surface area contributed by atoms with Crippen LogP contribution in [-0.2, 0) is 0 Å². The molecule has 0 bridgehead atoms. The maximum absolute atomic E-state index is 10.8. The van der Waals surface area contributed by atoms with Crippen LogP contribution in [0.1, 0.15) is 0 Å². The summed E-state index contributed by atoms with van der Waals surface area (Å²) in [6, 6.07) is 0.225. The molecule has 0 saturated carbocycles. The van der Waals surface area contributed by atoms with E-state index in [9.17, 15) is 14.4 Å². The summed E-state index contributed by atoms with van der Waals surface area (Å²) in [5.74, 6) is 0. The lowest BCUT2D eigenvalue weighted by Gasteiger charge is -1.93. The molecule has 0 aliphatic heterocycles. The van der Waals surface area contributed by atoms with Gasteiger partial charge in [0.15, 0.2) is 0 Å². The number of carbonyl (C=O) groups is 1. The van der Waals surface area contributed by atoms with Gasteiger partial charge >= 0.3 is 10.9 Å². The standard InChI is InChI=1S/C5H4N2O3S/c6-4(9)7-2-1-3(8)11-5(7)10/h1-2H,(H2,6,9). The number of carbonyl (C=O) groups excluding carboxylic acids is 1. The van der Waals surface area contributed by atoms with Crippen LogP contribution >= 0.6 is 11.3 Å². The van der Waals surface area contributed by atoms with Gasteiger partial charge in [-0.1, -0.05) is 0 Å². The van der Waals surface area contributed by atoms with E-state index in [0.29, 0.717) is 15.9 Å². The minimum atomic E-state index is -0.883. The minimum Gasteiger partial charge on any atom is -0.351 e. The maximum atomic E-state index is 10.8. The average Bonchev–Trinajstić information content (AvgIpc) is 1.85. The fourth-order valence-corrected chi connectivity index (χ4v) is 1.08. The van der Waals surface area contributed by atoms with E-state index >= 15 is 0 Å². The van der Waals surface area contributed by atoms with E-state index in [1.807, 2.05) is 0 Å². The van der Waals surface area contributed by atoms with Crippen LogP contribution < -0.4 is 15.3 Å². The first-order valence-corrected chi connectivity index (χ1v) is 3.45. The van der Waals surface area contributed by atoms with Crippen molar-refractivity contribution in [3.8, 4) is 0 Å². The van der Waals surface area contributed by atoms with E-state index in [2.05, 4.69) is 0 Å². The molecular formula is C5H4N2O3S. The van der Waals surface area contributed by atoms with Crippen LogP contribution in [0.15, 0.2) is 21.9 Å². The summed E-state index contributed by atoms with van der Waals surface area (Å²) in [5.41, 5.74) is 4.79. The molecule has 0 saturated heterocycles. The Hall–Kier alpha value is -1.43. The molecule has 0 radical (unpaired) electrons. The average molecular weight is 172 g/mol. The van der Waals surface area contributed by atoms with E-state index in [1.165, 1.54) is 0 Å². The summed E-state index contributed by atoms with van der Waals surface area (Å²) in [6.07, 6.45) is 1.06. The number of rotatable bonds is 0. The SMILES string of the molecule is NC(=O)n1ccc(=O)sc1=O. The molecule has 6 heteroatoms. The van der Waals surface area contributed by atoms with Crippen molar-refractivity contribution < 1.29 is 4.79 Å². The van der Waals surface area contributed by atoms with Crippen LogP contribution in [0.2, 0.25) is 0 Å². The molecule has 0 aromatic carbocycles. The molecule has 1 aromatic heterocycles. The lowest BCUT2D eigenvalue weighted by atomic mass is 10.7. The second-order valence-corrected chi connectivity index (χ2v) is 2.67. The Morgan fingerprint density at radius 3 is 2.64 bits per heavy atom. The van der Waals surface area contributed by atoms with Gasteiger partial charge in [-0.05, 0) is 11.3 Å². The fraction of sp³-hybridized carbons (Fsp3) is 0. The smallest absolute Gasteiger partial charge is 0.326 e. The molecule has 58 valence electrons. The Kier molecular flexibility index (Phi) is 1.86. The maximum Gasteiger partial charge on any atom is 0.326 e. The van der Waals surface area contributed by atoms with Crippen molar-refractivity contribution in [3.63, 3.8) is 0 Å². The quantitative estimate of drug-likeness (QED) is 0.556. The summed E-state index contributed by atoms with van der Waals surface area (Å²) < 4.78 is 0.277. The van der Waals surface area contributed by atoms with Crippen LogP contribution in [0, 0.1) is 0 Å². The van der Waals surface area contributed by atoms with Crippen molar-refractivity contribution in [1.29, 1.82) is 0 Å². The molecule has 0 aliphatic rings. The zero-order valence-corrected chi connectivity index (χ0v) is 6.13. The molecule has 0 fully saturated rings. The molecule has 1 heterocycles. The van der Waals surface area contributed by atoms with Crippen molar-refractivity contribution >= 4 is 17.4 Å². The first-order valence-electron chi connectivity index (χ1n) is 2.64. The van der Waals surface area contributed by atoms with E-state index in [-0.39, 0.29) is 0 Å². The molecule has 1 aromatic rings. The van der Waals surface area contributed by atoms with Gasteiger partial charge in [-0.15, -0.1) is 0 Å². The Morgan fingerprint density at radius 1 is 1.55 bits per heavy atom. The van der Waals surface area contributed by atoms with E-state index in [0.717, 1.165) is 12.3 Å². The van der Waals surface area contributed by atoms with Crippen LogP contribution in [0.5, 0.6) is 0 Å². The van der Waals surface area contributed by atoms with Crippen molar-refractivity contribution in [2.45, 2.75) is 0 Å². The second kappa shape index (κ2) is 2.67. The molecule has 5 nitrogen and oxygen atoms in total. The van der Waals surface area contributed by atoms with Crippen molar-refractivity contribution in [2.75, 3.05) is 0 Å². The van der Waals surface area contributed by atoms with Crippen LogP contribution in [0.4, 0.5) is 4.79 Å². The van der Waals surface area contributed by atoms with Crippen molar-refractivity contribution in [3.05, 3.63) is 31.5 Å². The largest absolute Gasteiger partial charge is 0.351 e. The molecule has 0 unspecified atom stereocenters. The monoisotopic (exact) mass is 172 g/mol. The number of hydrogen-bond donors (Lipinski definition) is 1. The predicted molar refractivity (Wildman–Crippen MR) is 39.8 cm³/mol. The lowest BCUT2D eigenvalue weighted by Crippen LogP contribution is -2.30. The third kappa shape index (κ3) is 1.53. The summed E-state index contributed by atoms with van der Waals surface area (Å²) in [5, 5.41) is 0. The van der Waals surface area contributed by atoms with Gasteiger partial charge < -0.3 is 5.73 Å². The van der Waals surface area contributed by atoms with Crippen LogP contribution in [0.3, 0.4) is 0 Å². The van der Waals surface area contributed by atoms with Crippen LogP contribution in [-0.4, -0.2) is 10.6 Å².